The van der Waals surface area contributed by atoms with Gasteiger partial charge in [-0.25, -0.2) is 9.78 Å². The number of hydrogen-bond donors (Lipinski definition) is 0. The van der Waals surface area contributed by atoms with Crippen LogP contribution in [0.5, 0.6) is 0 Å². The summed E-state index contributed by atoms with van der Waals surface area (Å²) in [6.07, 6.45) is 3.41. The molecule has 0 amide bonds. The van der Waals surface area contributed by atoms with E-state index >= 15 is 0 Å². The molecule has 0 aromatic carbocycles. The molecule has 2 aromatic heterocycles. The van der Waals surface area contributed by atoms with Crippen molar-refractivity contribution in [1.29, 1.82) is 0 Å². The molecule has 0 bridgehead atoms. The summed E-state index contributed by atoms with van der Waals surface area (Å²) in [6.45, 7) is 1.79. The molecule has 17 heavy (non-hydrogen) atoms. The largest absolute Gasteiger partial charge is 0.465 e. The molecular weight excluding hydrogens is 304 g/mol. The number of ether oxygens (including phenoxy) is 1. The Morgan fingerprint density at radius 2 is 2.24 bits per heavy atom. The number of rotatable bonds is 2. The van der Waals surface area contributed by atoms with Crippen molar-refractivity contribution in [3.63, 3.8) is 0 Å². The quantitative estimate of drug-likeness (QED) is 0.800. The Bertz CT molecular complexity index is 568. The third-order valence-electron chi connectivity index (χ3n) is 2.12. The van der Waals surface area contributed by atoms with Crippen LogP contribution in [-0.4, -0.2) is 23.0 Å². The van der Waals surface area contributed by atoms with E-state index in [0.717, 1.165) is 15.0 Å². The lowest BCUT2D eigenvalue weighted by Crippen LogP contribution is -1.99. The molecule has 0 radical (unpaired) electrons. The minimum Gasteiger partial charge on any atom is -0.465 e. The molecule has 2 rings (SSSR count). The maximum atomic E-state index is 11.5. The lowest BCUT2D eigenvalue weighted by molar-refractivity contribution is 0.0605. The summed E-state index contributed by atoms with van der Waals surface area (Å²) in [5.41, 5.74) is 1.56. The molecule has 0 saturated heterocycles. The van der Waals surface area contributed by atoms with Gasteiger partial charge in [-0.1, -0.05) is 0 Å². The number of hydrogen-bond acceptors (Lipinski definition) is 5. The minimum atomic E-state index is -0.353. The van der Waals surface area contributed by atoms with Crippen molar-refractivity contribution < 1.29 is 9.53 Å². The second-order valence-corrected chi connectivity index (χ2v) is 5.23. The summed E-state index contributed by atoms with van der Waals surface area (Å²) in [5.74, 6) is -0.353. The number of carbonyl (C=O) groups excluding carboxylic acids is 1. The molecule has 4 nitrogen and oxygen atoms in total. The van der Waals surface area contributed by atoms with Crippen molar-refractivity contribution in [2.45, 2.75) is 6.92 Å². The van der Waals surface area contributed by atoms with Crippen molar-refractivity contribution in [3.8, 4) is 10.6 Å². The lowest BCUT2D eigenvalue weighted by Gasteiger charge is -1.95. The monoisotopic (exact) mass is 312 g/mol. The molecule has 0 aliphatic rings. The van der Waals surface area contributed by atoms with Crippen molar-refractivity contribution in [1.82, 2.24) is 9.97 Å². The summed E-state index contributed by atoms with van der Waals surface area (Å²) in [4.78, 5) is 20.4. The third-order valence-corrected chi connectivity index (χ3v) is 3.74. The Kier molecular flexibility index (Phi) is 3.54. The van der Waals surface area contributed by atoms with Crippen LogP contribution in [0.1, 0.15) is 15.4 Å². The lowest BCUT2D eigenvalue weighted by atomic mass is 10.3. The topological polar surface area (TPSA) is 52.1 Å². The van der Waals surface area contributed by atoms with Crippen LogP contribution in [0, 0.1) is 6.92 Å². The normalized spacial score (nSPS) is 10.3. The maximum Gasteiger partial charge on any atom is 0.349 e. The zero-order chi connectivity index (χ0) is 12.4. The molecule has 0 atom stereocenters. The summed E-state index contributed by atoms with van der Waals surface area (Å²) >= 11 is 4.66. The van der Waals surface area contributed by atoms with Gasteiger partial charge in [0.05, 0.1) is 12.8 Å². The Morgan fingerprint density at radius 3 is 2.88 bits per heavy atom. The Balaban J connectivity index is 2.44. The van der Waals surface area contributed by atoms with E-state index in [9.17, 15) is 4.79 Å². The second-order valence-electron chi connectivity index (χ2n) is 3.32. The van der Waals surface area contributed by atoms with E-state index in [1.54, 1.807) is 19.3 Å². The van der Waals surface area contributed by atoms with Crippen LogP contribution in [0.2, 0.25) is 0 Å². The molecule has 0 spiro atoms. The molecule has 0 aliphatic heterocycles. The number of esters is 1. The number of halogens is 1. The van der Waals surface area contributed by atoms with Gasteiger partial charge in [0.15, 0.2) is 0 Å². The van der Waals surface area contributed by atoms with Crippen molar-refractivity contribution in [2.24, 2.45) is 0 Å². The average molecular weight is 313 g/mol. The van der Waals surface area contributed by atoms with Gasteiger partial charge in [-0.05, 0) is 28.9 Å². The van der Waals surface area contributed by atoms with Gasteiger partial charge >= 0.3 is 5.97 Å². The van der Waals surface area contributed by atoms with Crippen LogP contribution >= 0.6 is 27.3 Å². The first-order chi connectivity index (χ1) is 8.11. The van der Waals surface area contributed by atoms with Gasteiger partial charge in [0.1, 0.15) is 9.88 Å². The van der Waals surface area contributed by atoms with Crippen molar-refractivity contribution in [3.05, 3.63) is 33.5 Å². The van der Waals surface area contributed by atoms with Gasteiger partial charge in [-0.15, -0.1) is 11.3 Å². The highest BCUT2D eigenvalue weighted by Gasteiger charge is 2.16. The smallest absolute Gasteiger partial charge is 0.349 e. The predicted molar refractivity (Wildman–Crippen MR) is 69.1 cm³/mol. The summed E-state index contributed by atoms with van der Waals surface area (Å²) in [6, 6.07) is 1.91. The van der Waals surface area contributed by atoms with Crippen LogP contribution in [0.4, 0.5) is 0 Å². The van der Waals surface area contributed by atoms with Gasteiger partial charge in [0, 0.05) is 22.4 Å². The van der Waals surface area contributed by atoms with Crippen LogP contribution in [-0.2, 0) is 4.74 Å². The zero-order valence-corrected chi connectivity index (χ0v) is 11.6. The van der Waals surface area contributed by atoms with E-state index in [4.69, 9.17) is 4.74 Å². The number of thiazole rings is 1. The highest BCUT2D eigenvalue weighted by Crippen LogP contribution is 2.29. The number of aromatic nitrogens is 2. The molecule has 0 unspecified atom stereocenters. The fourth-order valence-corrected chi connectivity index (χ4v) is 2.66. The molecule has 6 heteroatoms. The van der Waals surface area contributed by atoms with Gasteiger partial charge in [-0.2, -0.15) is 0 Å². The second kappa shape index (κ2) is 4.93. The molecular formula is C11H9BrN2O2S. The highest BCUT2D eigenvalue weighted by molar-refractivity contribution is 9.10. The standard InChI is InChI=1S/C11H9BrN2O2S/c1-6-9(11(15)16-2)17-10(14-6)7-3-8(12)5-13-4-7/h3-5H,1-2H3. The number of carbonyl (C=O) groups is 1. The number of methoxy groups -OCH3 is 1. The van der Waals surface area contributed by atoms with Gasteiger partial charge in [-0.3, -0.25) is 4.98 Å². The summed E-state index contributed by atoms with van der Waals surface area (Å²) in [7, 11) is 1.36. The highest BCUT2D eigenvalue weighted by atomic mass is 79.9. The van der Waals surface area contributed by atoms with Crippen molar-refractivity contribution >= 4 is 33.2 Å². The molecule has 0 aliphatic carbocycles. The summed E-state index contributed by atoms with van der Waals surface area (Å²) in [5, 5.41) is 0.761. The van der Waals surface area contributed by atoms with Crippen molar-refractivity contribution in [2.75, 3.05) is 7.11 Å². The Morgan fingerprint density at radius 1 is 1.47 bits per heavy atom. The van der Waals surface area contributed by atoms with E-state index in [1.165, 1.54) is 18.4 Å². The van der Waals surface area contributed by atoms with E-state index in [2.05, 4.69) is 25.9 Å². The van der Waals surface area contributed by atoms with E-state index in [1.807, 2.05) is 6.07 Å². The number of pyridine rings is 1. The number of aryl methyl sites for hydroxylation is 1. The van der Waals surface area contributed by atoms with E-state index in [0.29, 0.717) is 10.6 Å². The molecule has 2 aromatic rings. The summed E-state index contributed by atoms with van der Waals surface area (Å²) < 4.78 is 5.57. The van der Waals surface area contributed by atoms with Crippen LogP contribution in [0.3, 0.4) is 0 Å². The molecule has 0 saturated carbocycles. The van der Waals surface area contributed by atoms with Crippen LogP contribution in [0.15, 0.2) is 22.9 Å². The molecule has 0 N–H and O–H groups in total. The zero-order valence-electron chi connectivity index (χ0n) is 9.23. The van der Waals surface area contributed by atoms with Crippen LogP contribution < -0.4 is 0 Å². The molecule has 2 heterocycles. The molecule has 0 fully saturated rings. The van der Waals surface area contributed by atoms with E-state index in [-0.39, 0.29) is 5.97 Å². The fraction of sp³-hybridized carbons (Fsp3) is 0.182. The Labute approximate surface area is 111 Å². The first-order valence-electron chi connectivity index (χ1n) is 4.78. The maximum absolute atomic E-state index is 11.5. The Hall–Kier alpha value is -1.27. The van der Waals surface area contributed by atoms with Crippen LogP contribution in [0.25, 0.3) is 10.6 Å². The predicted octanol–water partition coefficient (Wildman–Crippen LogP) is 3.06. The minimum absolute atomic E-state index is 0.353. The number of nitrogens with zero attached hydrogens (tertiary/aromatic N) is 2. The average Bonchev–Trinajstić information content (AvgIpc) is 2.70. The van der Waals surface area contributed by atoms with Gasteiger partial charge < -0.3 is 4.74 Å². The first-order valence-corrected chi connectivity index (χ1v) is 6.39. The van der Waals surface area contributed by atoms with E-state index < -0.39 is 0 Å². The van der Waals surface area contributed by atoms with Gasteiger partial charge in [0.2, 0.25) is 0 Å². The molecule has 88 valence electrons. The fourth-order valence-electron chi connectivity index (χ4n) is 1.33. The van der Waals surface area contributed by atoms with Gasteiger partial charge in [0.25, 0.3) is 0 Å². The third kappa shape index (κ3) is 2.53. The SMILES string of the molecule is COC(=O)c1sc(-c2cncc(Br)c2)nc1C. The first kappa shape index (κ1) is 12.2.